The maximum Gasteiger partial charge on any atom is 0.210 e. The summed E-state index contributed by atoms with van der Waals surface area (Å²) in [5.74, 6) is 1.72. The maximum atomic E-state index is 5.42. The van der Waals surface area contributed by atoms with Crippen molar-refractivity contribution < 1.29 is 4.74 Å². The van der Waals surface area contributed by atoms with E-state index in [1.165, 1.54) is 0 Å². The second-order valence-corrected chi connectivity index (χ2v) is 6.92. The predicted molar refractivity (Wildman–Crippen MR) is 108 cm³/mol. The number of nitrogens with one attached hydrogen (secondary N) is 1. The van der Waals surface area contributed by atoms with Gasteiger partial charge in [-0.15, -0.1) is 0 Å². The second kappa shape index (κ2) is 5.51. The lowest BCUT2D eigenvalue weighted by atomic mass is 10.1. The minimum absolute atomic E-state index is 0.832. The molecule has 0 fully saturated rings. The van der Waals surface area contributed by atoms with E-state index in [-0.39, 0.29) is 0 Å². The van der Waals surface area contributed by atoms with E-state index in [1.807, 2.05) is 37.5 Å². The van der Waals surface area contributed by atoms with Crippen LogP contribution in [-0.4, -0.2) is 45.1 Å². The van der Waals surface area contributed by atoms with Crippen molar-refractivity contribution in [2.75, 3.05) is 26.1 Å². The fraction of sp³-hybridized carbons (Fsp3) is 0.200. The van der Waals surface area contributed by atoms with E-state index in [9.17, 15) is 0 Å². The Morgan fingerprint density at radius 3 is 2.67 bits per heavy atom. The van der Waals surface area contributed by atoms with Gasteiger partial charge in [-0.2, -0.15) is 0 Å². The average Bonchev–Trinajstić information content (AvgIpc) is 3.35. The number of anilines is 1. The lowest BCUT2D eigenvalue weighted by molar-refractivity contribution is 0.415. The molecule has 4 aromatic heterocycles. The molecule has 0 spiro atoms. The minimum Gasteiger partial charge on any atom is -0.497 e. The van der Waals surface area contributed by atoms with Crippen molar-refractivity contribution in [1.82, 2.24) is 23.9 Å². The van der Waals surface area contributed by atoms with Gasteiger partial charge in [-0.25, -0.2) is 9.97 Å². The Morgan fingerprint density at radius 2 is 1.89 bits per heavy atom. The van der Waals surface area contributed by atoms with E-state index in [0.29, 0.717) is 0 Å². The Balaban J connectivity index is 1.80. The van der Waals surface area contributed by atoms with Crippen LogP contribution in [0, 0.1) is 0 Å². The van der Waals surface area contributed by atoms with Gasteiger partial charge >= 0.3 is 0 Å². The van der Waals surface area contributed by atoms with Crippen LogP contribution in [0.4, 0.5) is 5.95 Å². The zero-order valence-corrected chi connectivity index (χ0v) is 15.7. The van der Waals surface area contributed by atoms with Gasteiger partial charge in [-0.1, -0.05) is 0 Å². The molecular formula is C20H20N6O. The van der Waals surface area contributed by atoms with Crippen LogP contribution in [-0.2, 0) is 7.05 Å². The normalized spacial score (nSPS) is 11.7. The number of hydrogen-bond acceptors (Lipinski definition) is 4. The Kier molecular flexibility index (Phi) is 3.21. The highest BCUT2D eigenvalue weighted by atomic mass is 16.5. The van der Waals surface area contributed by atoms with Crippen molar-refractivity contribution in [3.63, 3.8) is 0 Å². The molecule has 5 aromatic rings. The number of aromatic amines is 1. The molecule has 7 nitrogen and oxygen atoms in total. The third-order valence-corrected chi connectivity index (χ3v) is 5.00. The van der Waals surface area contributed by atoms with E-state index in [4.69, 9.17) is 4.74 Å². The lowest BCUT2D eigenvalue weighted by Crippen LogP contribution is -2.12. The first-order valence-corrected chi connectivity index (χ1v) is 8.73. The third kappa shape index (κ3) is 2.21. The van der Waals surface area contributed by atoms with Crippen molar-refractivity contribution in [2.24, 2.45) is 7.05 Å². The number of benzene rings is 1. The van der Waals surface area contributed by atoms with E-state index < -0.39 is 0 Å². The van der Waals surface area contributed by atoms with Gasteiger partial charge in [0, 0.05) is 43.8 Å². The van der Waals surface area contributed by atoms with Crippen LogP contribution in [0.3, 0.4) is 0 Å². The fourth-order valence-electron chi connectivity index (χ4n) is 3.70. The van der Waals surface area contributed by atoms with Gasteiger partial charge in [0.25, 0.3) is 0 Å². The average molecular weight is 360 g/mol. The zero-order chi connectivity index (χ0) is 18.7. The smallest absolute Gasteiger partial charge is 0.210 e. The first-order chi connectivity index (χ1) is 13.1. The molecule has 7 heteroatoms. The molecule has 0 bridgehead atoms. The summed E-state index contributed by atoms with van der Waals surface area (Å²) in [4.78, 5) is 14.6. The van der Waals surface area contributed by atoms with Crippen LogP contribution in [0.1, 0.15) is 0 Å². The van der Waals surface area contributed by atoms with E-state index in [1.54, 1.807) is 7.11 Å². The molecule has 0 amide bonds. The number of aromatic nitrogens is 5. The van der Waals surface area contributed by atoms with Gasteiger partial charge in [0.2, 0.25) is 5.95 Å². The molecule has 0 unspecified atom stereocenters. The molecule has 27 heavy (non-hydrogen) atoms. The Bertz CT molecular complexity index is 1310. The highest BCUT2D eigenvalue weighted by Crippen LogP contribution is 2.34. The van der Waals surface area contributed by atoms with Crippen molar-refractivity contribution in [3.05, 3.63) is 42.9 Å². The number of fused-ring (bicyclic) bond motifs is 4. The Hall–Kier alpha value is -3.48. The van der Waals surface area contributed by atoms with Crippen LogP contribution in [0.15, 0.2) is 42.9 Å². The molecule has 0 aliphatic rings. The van der Waals surface area contributed by atoms with Crippen LogP contribution in [0.5, 0.6) is 5.75 Å². The summed E-state index contributed by atoms with van der Waals surface area (Å²) in [5, 5.41) is 1.14. The molecule has 0 saturated carbocycles. The minimum atomic E-state index is 0.832. The van der Waals surface area contributed by atoms with E-state index in [0.717, 1.165) is 50.5 Å². The van der Waals surface area contributed by atoms with Gasteiger partial charge in [0.1, 0.15) is 5.75 Å². The van der Waals surface area contributed by atoms with Crippen molar-refractivity contribution >= 4 is 33.5 Å². The number of nitrogens with zero attached hydrogens (tertiary/aromatic N) is 5. The van der Waals surface area contributed by atoms with Gasteiger partial charge in [0.05, 0.1) is 36.2 Å². The standard InChI is InChI=1S/C20H20N6O/c1-24(2)20-22-10-12-9-21-19-18(26(12)20)8-16(23-19)15-11-25(3)17-6-5-13(27-4)7-14(15)17/h5-11,23H,1-4H3. The monoisotopic (exact) mass is 360 g/mol. The summed E-state index contributed by atoms with van der Waals surface area (Å²) in [6, 6.07) is 8.27. The molecule has 0 aliphatic carbocycles. The van der Waals surface area contributed by atoms with Gasteiger partial charge < -0.3 is 19.2 Å². The molecule has 136 valence electrons. The highest BCUT2D eigenvalue weighted by Gasteiger charge is 2.16. The maximum absolute atomic E-state index is 5.42. The topological polar surface area (TPSA) is 63.4 Å². The van der Waals surface area contributed by atoms with Crippen molar-refractivity contribution in [3.8, 4) is 17.0 Å². The number of hydrogen-bond donors (Lipinski definition) is 1. The second-order valence-electron chi connectivity index (χ2n) is 6.92. The van der Waals surface area contributed by atoms with Crippen LogP contribution in [0.25, 0.3) is 38.8 Å². The van der Waals surface area contributed by atoms with Crippen LogP contribution >= 0.6 is 0 Å². The molecule has 1 aromatic carbocycles. The Morgan fingerprint density at radius 1 is 1.07 bits per heavy atom. The summed E-state index contributed by atoms with van der Waals surface area (Å²) < 4.78 is 9.67. The molecule has 4 heterocycles. The summed E-state index contributed by atoms with van der Waals surface area (Å²) in [6.45, 7) is 0. The summed E-state index contributed by atoms with van der Waals surface area (Å²) in [6.07, 6.45) is 5.82. The molecule has 0 atom stereocenters. The van der Waals surface area contributed by atoms with Crippen LogP contribution in [0.2, 0.25) is 0 Å². The van der Waals surface area contributed by atoms with Gasteiger partial charge in [-0.3, -0.25) is 4.40 Å². The molecule has 0 saturated heterocycles. The lowest BCUT2D eigenvalue weighted by Gasteiger charge is -2.10. The fourth-order valence-corrected chi connectivity index (χ4v) is 3.70. The first kappa shape index (κ1) is 15.7. The zero-order valence-electron chi connectivity index (χ0n) is 15.7. The summed E-state index contributed by atoms with van der Waals surface area (Å²) in [5.41, 5.74) is 6.09. The molecular weight excluding hydrogens is 340 g/mol. The summed E-state index contributed by atoms with van der Waals surface area (Å²) in [7, 11) is 7.73. The SMILES string of the molecule is COc1ccc2c(c1)c(-c1cc3c(ncc4cnc(N(C)C)n43)[nH]1)cn2C. The first-order valence-electron chi connectivity index (χ1n) is 8.73. The molecule has 5 rings (SSSR count). The largest absolute Gasteiger partial charge is 0.497 e. The highest BCUT2D eigenvalue weighted by molar-refractivity contribution is 5.98. The number of imidazole rings is 1. The molecule has 1 N–H and O–H groups in total. The number of methoxy groups -OCH3 is 1. The number of H-pyrrole nitrogens is 1. The van der Waals surface area contributed by atoms with Crippen molar-refractivity contribution in [1.29, 1.82) is 0 Å². The predicted octanol–water partition coefficient (Wildman–Crippen LogP) is 3.44. The number of ether oxygens (including phenoxy) is 1. The quantitative estimate of drug-likeness (QED) is 0.535. The van der Waals surface area contributed by atoms with Gasteiger partial charge in [-0.05, 0) is 24.3 Å². The number of rotatable bonds is 3. The van der Waals surface area contributed by atoms with Crippen molar-refractivity contribution in [2.45, 2.75) is 0 Å². The molecule has 0 aliphatic heterocycles. The van der Waals surface area contributed by atoms with E-state index in [2.05, 4.69) is 55.4 Å². The van der Waals surface area contributed by atoms with Crippen LogP contribution < -0.4 is 9.64 Å². The Labute approximate surface area is 155 Å². The third-order valence-electron chi connectivity index (χ3n) is 5.00. The summed E-state index contributed by atoms with van der Waals surface area (Å²) >= 11 is 0. The number of aryl methyl sites for hydroxylation is 1. The van der Waals surface area contributed by atoms with E-state index >= 15 is 0 Å². The molecule has 0 radical (unpaired) electrons. The van der Waals surface area contributed by atoms with Gasteiger partial charge in [0.15, 0.2) is 5.65 Å².